The first-order valence-corrected chi connectivity index (χ1v) is 17.1. The van der Waals surface area contributed by atoms with Crippen LogP contribution < -0.4 is 11.2 Å². The van der Waals surface area contributed by atoms with E-state index in [0.29, 0.717) is 4.57 Å². The Kier molecular flexibility index (Phi) is 12.8. The van der Waals surface area contributed by atoms with Crippen LogP contribution in [0.3, 0.4) is 0 Å². The van der Waals surface area contributed by atoms with Crippen LogP contribution in [-0.2, 0) is 55.1 Å². The predicted molar refractivity (Wildman–Crippen MR) is 178 cm³/mol. The largest absolute Gasteiger partial charge is 0.477 e. The fourth-order valence-corrected chi connectivity index (χ4v) is 6.13. The van der Waals surface area contributed by atoms with Crippen molar-refractivity contribution in [2.75, 3.05) is 27.1 Å². The van der Waals surface area contributed by atoms with Crippen molar-refractivity contribution in [3.05, 3.63) is 140 Å². The van der Waals surface area contributed by atoms with Gasteiger partial charge in [-0.2, -0.15) is 4.57 Å². The van der Waals surface area contributed by atoms with Crippen molar-refractivity contribution in [1.82, 2.24) is 9.13 Å². The van der Waals surface area contributed by atoms with E-state index in [0.717, 1.165) is 15.7 Å². The Morgan fingerprint density at radius 2 is 1.44 bits per heavy atom. The standard InChI is InChI=1S/C35H37N2O12P/c1-25-19-36(35(41)37(33(25)39)34(40)28-16-10-5-11-17-28)31-18-29(49-32(38)23-43-2)30(48-31)22-44-24-47-50(42,45-20-26-12-6-3-7-13-26)46-21-27-14-8-4-9-15-27/h3-17,19,29-31H,18,20-24H2,1-2H3/t29-,30+,31+/m0/s1. The first-order chi connectivity index (χ1) is 24.2. The number of nitrogens with zero attached hydrogens (tertiary/aromatic N) is 2. The number of phosphoric ester groups is 1. The van der Waals surface area contributed by atoms with E-state index < -0.39 is 56.2 Å². The van der Waals surface area contributed by atoms with Gasteiger partial charge in [0.15, 0.2) is 6.79 Å². The van der Waals surface area contributed by atoms with Crippen LogP contribution in [0.1, 0.15) is 39.7 Å². The van der Waals surface area contributed by atoms with Gasteiger partial charge in [0.25, 0.3) is 11.5 Å². The molecule has 15 heteroatoms. The first kappa shape index (κ1) is 36.7. The number of aryl methyl sites for hydroxylation is 1. The summed E-state index contributed by atoms with van der Waals surface area (Å²) in [7, 11) is -2.82. The van der Waals surface area contributed by atoms with Crippen LogP contribution in [0.4, 0.5) is 0 Å². The Labute approximate surface area is 287 Å². The number of esters is 1. The Morgan fingerprint density at radius 3 is 2.02 bits per heavy atom. The van der Waals surface area contributed by atoms with Gasteiger partial charge in [-0.05, 0) is 30.2 Å². The highest BCUT2D eigenvalue weighted by Crippen LogP contribution is 2.51. The maximum absolute atomic E-state index is 13.6. The number of phosphoric acid groups is 1. The lowest BCUT2D eigenvalue weighted by Gasteiger charge is -2.21. The average molecular weight is 709 g/mol. The molecule has 5 rings (SSSR count). The minimum Gasteiger partial charge on any atom is -0.458 e. The lowest BCUT2D eigenvalue weighted by Crippen LogP contribution is -2.45. The van der Waals surface area contributed by atoms with E-state index in [4.69, 9.17) is 32.5 Å². The van der Waals surface area contributed by atoms with Crippen LogP contribution in [0.25, 0.3) is 0 Å². The molecule has 1 aromatic heterocycles. The molecule has 3 atom stereocenters. The van der Waals surface area contributed by atoms with Gasteiger partial charge in [-0.15, -0.1) is 0 Å². The lowest BCUT2D eigenvalue weighted by atomic mass is 10.2. The minimum absolute atomic E-state index is 0.0275. The molecular formula is C35H37N2O12P. The van der Waals surface area contributed by atoms with Gasteiger partial charge >= 0.3 is 19.5 Å². The van der Waals surface area contributed by atoms with E-state index in [1.54, 1.807) is 42.5 Å². The third-order valence-corrected chi connectivity index (χ3v) is 8.90. The molecule has 14 nitrogen and oxygen atoms in total. The van der Waals surface area contributed by atoms with Gasteiger partial charge in [0.05, 0.1) is 19.8 Å². The molecule has 0 radical (unpaired) electrons. The molecule has 3 aromatic carbocycles. The third-order valence-electron chi connectivity index (χ3n) is 7.59. The van der Waals surface area contributed by atoms with E-state index in [2.05, 4.69) is 0 Å². The van der Waals surface area contributed by atoms with Crippen LogP contribution in [0.5, 0.6) is 0 Å². The maximum Gasteiger partial charge on any atom is 0.477 e. The Morgan fingerprint density at radius 1 is 0.860 bits per heavy atom. The molecule has 1 saturated heterocycles. The maximum atomic E-state index is 13.6. The molecule has 0 N–H and O–H groups in total. The Hall–Kier alpha value is -4.53. The molecule has 2 heterocycles. The molecule has 1 aliphatic heterocycles. The first-order valence-electron chi connectivity index (χ1n) is 15.6. The Balaban J connectivity index is 1.29. The summed E-state index contributed by atoms with van der Waals surface area (Å²) in [5.41, 5.74) is 0.0415. The Bertz CT molecular complexity index is 1850. The van der Waals surface area contributed by atoms with E-state index in [1.165, 1.54) is 32.4 Å². The zero-order valence-corrected chi connectivity index (χ0v) is 28.3. The summed E-state index contributed by atoms with van der Waals surface area (Å²) in [6, 6.07) is 26.0. The monoisotopic (exact) mass is 708 g/mol. The molecule has 0 spiro atoms. The molecule has 264 valence electrons. The zero-order chi connectivity index (χ0) is 35.5. The number of methoxy groups -OCH3 is 1. The zero-order valence-electron chi connectivity index (χ0n) is 27.5. The fraction of sp³-hybridized carbons (Fsp3) is 0.314. The molecule has 1 aliphatic rings. The van der Waals surface area contributed by atoms with Gasteiger partial charge in [0, 0.05) is 30.9 Å². The van der Waals surface area contributed by atoms with Crippen molar-refractivity contribution in [3.63, 3.8) is 0 Å². The summed E-state index contributed by atoms with van der Waals surface area (Å²) in [6.07, 6.45) is -1.68. The molecule has 50 heavy (non-hydrogen) atoms. The SMILES string of the molecule is COCC(=O)O[C@H]1C[C@H](n2cc(C)c(=O)n(C(=O)c3ccccc3)c2=O)O[C@@H]1COCOP(=O)(OCc1ccccc1)OCc1ccccc1. The summed E-state index contributed by atoms with van der Waals surface area (Å²) in [4.78, 5) is 52.1. The number of hydrogen-bond donors (Lipinski definition) is 0. The summed E-state index contributed by atoms with van der Waals surface area (Å²) >= 11 is 0. The number of rotatable bonds is 16. The number of aromatic nitrogens is 2. The van der Waals surface area contributed by atoms with Crippen LogP contribution in [0, 0.1) is 6.92 Å². The van der Waals surface area contributed by atoms with Gasteiger partial charge < -0.3 is 18.9 Å². The number of carbonyl (C=O) groups excluding carboxylic acids is 2. The highest BCUT2D eigenvalue weighted by atomic mass is 31.2. The van der Waals surface area contributed by atoms with Crippen LogP contribution in [0.2, 0.25) is 0 Å². The van der Waals surface area contributed by atoms with Crippen molar-refractivity contribution >= 4 is 19.7 Å². The second-order valence-electron chi connectivity index (χ2n) is 11.2. The average Bonchev–Trinajstić information content (AvgIpc) is 3.53. The predicted octanol–water partition coefficient (Wildman–Crippen LogP) is 4.39. The summed E-state index contributed by atoms with van der Waals surface area (Å²) in [5.74, 6) is -1.49. The highest BCUT2D eigenvalue weighted by molar-refractivity contribution is 7.48. The number of carbonyl (C=O) groups is 2. The van der Waals surface area contributed by atoms with Gasteiger partial charge in [0.1, 0.15) is 25.0 Å². The van der Waals surface area contributed by atoms with Crippen molar-refractivity contribution < 1.29 is 46.7 Å². The van der Waals surface area contributed by atoms with Gasteiger partial charge in [-0.3, -0.25) is 27.7 Å². The number of hydrogen-bond acceptors (Lipinski definition) is 12. The molecule has 4 aromatic rings. The van der Waals surface area contributed by atoms with E-state index in [-0.39, 0.29) is 44.0 Å². The van der Waals surface area contributed by atoms with Crippen molar-refractivity contribution in [2.24, 2.45) is 0 Å². The minimum atomic E-state index is -4.15. The molecule has 0 amide bonds. The van der Waals surface area contributed by atoms with E-state index in [9.17, 15) is 23.7 Å². The van der Waals surface area contributed by atoms with Crippen LogP contribution >= 0.6 is 7.82 Å². The van der Waals surface area contributed by atoms with Crippen molar-refractivity contribution in [2.45, 2.75) is 45.0 Å². The van der Waals surface area contributed by atoms with Crippen molar-refractivity contribution in [3.8, 4) is 0 Å². The second kappa shape index (κ2) is 17.4. The van der Waals surface area contributed by atoms with E-state index in [1.807, 2.05) is 36.4 Å². The van der Waals surface area contributed by atoms with E-state index >= 15 is 0 Å². The number of benzene rings is 3. The molecule has 0 unspecified atom stereocenters. The fourth-order valence-electron chi connectivity index (χ4n) is 5.09. The summed E-state index contributed by atoms with van der Waals surface area (Å²) in [6.45, 7) is 0.221. The summed E-state index contributed by atoms with van der Waals surface area (Å²) in [5, 5.41) is 0. The van der Waals surface area contributed by atoms with Crippen LogP contribution in [0.15, 0.2) is 107 Å². The molecule has 0 aliphatic carbocycles. The quantitative estimate of drug-likeness (QED) is 0.0701. The molecular weight excluding hydrogens is 671 g/mol. The topological polar surface area (TPSA) is 160 Å². The highest BCUT2D eigenvalue weighted by Gasteiger charge is 2.40. The molecule has 0 bridgehead atoms. The van der Waals surface area contributed by atoms with Crippen molar-refractivity contribution in [1.29, 1.82) is 0 Å². The van der Waals surface area contributed by atoms with Gasteiger partial charge in [-0.1, -0.05) is 78.9 Å². The molecule has 0 saturated carbocycles. The smallest absolute Gasteiger partial charge is 0.458 e. The van der Waals surface area contributed by atoms with Gasteiger partial charge in [0.2, 0.25) is 0 Å². The normalized spacial score (nSPS) is 17.4. The van der Waals surface area contributed by atoms with Crippen LogP contribution in [-0.4, -0.2) is 60.3 Å². The number of ether oxygens (including phenoxy) is 4. The summed E-state index contributed by atoms with van der Waals surface area (Å²) < 4.78 is 54.2. The molecule has 1 fully saturated rings. The second-order valence-corrected chi connectivity index (χ2v) is 12.9. The third kappa shape index (κ3) is 9.58. The van der Waals surface area contributed by atoms with Gasteiger partial charge in [-0.25, -0.2) is 14.2 Å². The lowest BCUT2D eigenvalue weighted by molar-refractivity contribution is -0.159.